The summed E-state index contributed by atoms with van der Waals surface area (Å²) in [6.45, 7) is 1.58. The van der Waals surface area contributed by atoms with Crippen LogP contribution < -0.4 is 4.74 Å². The summed E-state index contributed by atoms with van der Waals surface area (Å²) in [5.41, 5.74) is 0.208. The number of aromatic carboxylic acids is 1. The third kappa shape index (κ3) is 6.71. The minimum Gasteiger partial charge on any atom is -0.481 e. The summed E-state index contributed by atoms with van der Waals surface area (Å²) in [6.07, 6.45) is 3.00. The fraction of sp³-hybridized carbons (Fsp3) is 0.304. The number of hydrogen-bond donors (Lipinski definition) is 3. The molecule has 2 aromatic rings. The van der Waals surface area contributed by atoms with Crippen LogP contribution in [0.15, 0.2) is 60.0 Å². The number of halogens is 3. The smallest absolute Gasteiger partial charge is 0.481 e. The van der Waals surface area contributed by atoms with Gasteiger partial charge in [-0.2, -0.15) is 5.10 Å². The lowest BCUT2D eigenvalue weighted by Crippen LogP contribution is -2.30. The van der Waals surface area contributed by atoms with Crippen molar-refractivity contribution >= 4 is 17.9 Å². The molecule has 1 aromatic heterocycles. The summed E-state index contributed by atoms with van der Waals surface area (Å²) < 4.78 is 41.1. The van der Waals surface area contributed by atoms with E-state index >= 15 is 0 Å². The number of benzene rings is 1. The van der Waals surface area contributed by atoms with Crippen LogP contribution in [0.25, 0.3) is 5.69 Å². The van der Waals surface area contributed by atoms with Crippen molar-refractivity contribution in [2.24, 2.45) is 11.3 Å². The third-order valence-electron chi connectivity index (χ3n) is 5.34. The van der Waals surface area contributed by atoms with Crippen molar-refractivity contribution in [2.45, 2.75) is 32.5 Å². The van der Waals surface area contributed by atoms with Crippen molar-refractivity contribution in [3.8, 4) is 11.4 Å². The molecule has 9 nitrogen and oxygen atoms in total. The Balaban J connectivity index is 0.000000198. The molecular weight excluding hydrogens is 473 g/mol. The summed E-state index contributed by atoms with van der Waals surface area (Å²) in [7, 11) is 0. The third-order valence-corrected chi connectivity index (χ3v) is 5.34. The lowest BCUT2D eigenvalue weighted by atomic mass is 9.77. The number of carboxylic acids is 3. The first-order valence-electron chi connectivity index (χ1n) is 10.3. The fourth-order valence-electron chi connectivity index (χ4n) is 3.43. The van der Waals surface area contributed by atoms with Crippen LogP contribution in [0.5, 0.6) is 5.75 Å². The number of hydrogen-bond acceptors (Lipinski definition) is 5. The number of allylic oxidation sites excluding steroid dienone is 2. The van der Waals surface area contributed by atoms with Gasteiger partial charge in [0.25, 0.3) is 0 Å². The van der Waals surface area contributed by atoms with Gasteiger partial charge in [-0.3, -0.25) is 4.79 Å². The van der Waals surface area contributed by atoms with E-state index < -0.39 is 35.4 Å². The zero-order valence-corrected chi connectivity index (χ0v) is 18.3. The average Bonchev–Trinajstić information content (AvgIpc) is 3.48. The molecule has 1 aromatic carbocycles. The molecule has 1 saturated carbocycles. The van der Waals surface area contributed by atoms with Gasteiger partial charge in [-0.15, -0.1) is 13.2 Å². The first-order chi connectivity index (χ1) is 16.3. The van der Waals surface area contributed by atoms with Crippen molar-refractivity contribution in [1.82, 2.24) is 9.78 Å². The summed E-state index contributed by atoms with van der Waals surface area (Å²) in [6, 6.07) is 5.06. The van der Waals surface area contributed by atoms with Crippen LogP contribution in [0.1, 0.15) is 36.5 Å². The molecule has 186 valence electrons. The summed E-state index contributed by atoms with van der Waals surface area (Å²) in [4.78, 5) is 32.8. The highest BCUT2D eigenvalue weighted by atomic mass is 19.4. The van der Waals surface area contributed by atoms with Gasteiger partial charge >= 0.3 is 24.3 Å². The van der Waals surface area contributed by atoms with Gasteiger partial charge in [-0.25, -0.2) is 14.3 Å². The molecule has 12 heteroatoms. The molecule has 0 saturated heterocycles. The highest BCUT2D eigenvalue weighted by molar-refractivity contribution is 5.90. The van der Waals surface area contributed by atoms with Crippen molar-refractivity contribution in [1.29, 1.82) is 0 Å². The largest absolute Gasteiger partial charge is 0.573 e. The van der Waals surface area contributed by atoms with Gasteiger partial charge in [-0.1, -0.05) is 12.1 Å². The van der Waals surface area contributed by atoms with Gasteiger partial charge in [-0.05, 0) is 55.9 Å². The molecule has 4 rings (SSSR count). The first kappa shape index (κ1) is 25.5. The molecule has 0 bridgehead atoms. The highest BCUT2D eigenvalue weighted by Crippen LogP contribution is 2.44. The van der Waals surface area contributed by atoms with E-state index in [1.165, 1.54) is 18.3 Å². The standard InChI is InChI=1S/C12H14O4.C11H7F3N2O3/c1-12(11(15)16)5-8(7-2-3-7)4-9(6-12)10(13)14;12-11(13,14)19-9-3-1-2-8(4-9)16-6-7(5-15-16)10(17)18/h4-5,7H,2-3,6H2,1H3,(H,13,14)(H,15,16);1-6H,(H,17,18). The van der Waals surface area contributed by atoms with E-state index in [4.69, 9.17) is 15.3 Å². The predicted molar refractivity (Wildman–Crippen MR) is 114 cm³/mol. The monoisotopic (exact) mass is 494 g/mol. The van der Waals surface area contributed by atoms with Gasteiger partial charge in [0.2, 0.25) is 0 Å². The molecule has 0 amide bonds. The highest BCUT2D eigenvalue weighted by Gasteiger charge is 2.39. The Morgan fingerprint density at radius 3 is 2.34 bits per heavy atom. The molecule has 2 aliphatic rings. The second-order valence-corrected chi connectivity index (χ2v) is 8.32. The van der Waals surface area contributed by atoms with Gasteiger partial charge in [0.1, 0.15) is 5.75 Å². The van der Waals surface area contributed by atoms with Gasteiger partial charge < -0.3 is 20.1 Å². The van der Waals surface area contributed by atoms with E-state index in [0.29, 0.717) is 5.92 Å². The number of aliphatic carboxylic acids is 2. The number of ether oxygens (including phenoxy) is 1. The molecule has 1 heterocycles. The van der Waals surface area contributed by atoms with Crippen LogP contribution in [0, 0.1) is 11.3 Å². The first-order valence-corrected chi connectivity index (χ1v) is 10.3. The predicted octanol–water partition coefficient (Wildman–Crippen LogP) is 4.30. The lowest BCUT2D eigenvalue weighted by molar-refractivity contribution is -0.274. The van der Waals surface area contributed by atoms with E-state index in [9.17, 15) is 27.6 Å². The molecule has 0 aliphatic heterocycles. The van der Waals surface area contributed by atoms with Crippen molar-refractivity contribution in [2.75, 3.05) is 0 Å². The molecule has 35 heavy (non-hydrogen) atoms. The topological polar surface area (TPSA) is 139 Å². The van der Waals surface area contributed by atoms with Crippen LogP contribution in [0.4, 0.5) is 13.2 Å². The Bertz CT molecular complexity index is 1210. The molecular formula is C23H21F3N2O7. The van der Waals surface area contributed by atoms with Gasteiger partial charge in [0.15, 0.2) is 0 Å². The van der Waals surface area contributed by atoms with Crippen molar-refractivity contribution in [3.63, 3.8) is 0 Å². The molecule has 1 atom stereocenters. The van der Waals surface area contributed by atoms with Crippen molar-refractivity contribution in [3.05, 3.63) is 65.5 Å². The molecule has 3 N–H and O–H groups in total. The molecule has 0 spiro atoms. The second-order valence-electron chi connectivity index (χ2n) is 8.32. The van der Waals surface area contributed by atoms with E-state index in [1.807, 2.05) is 0 Å². The molecule has 2 aliphatic carbocycles. The van der Waals surface area contributed by atoms with Crippen molar-refractivity contribution < 1.29 is 47.6 Å². The second kappa shape index (κ2) is 9.65. The maximum atomic E-state index is 12.1. The summed E-state index contributed by atoms with van der Waals surface area (Å²) >= 11 is 0. The van der Waals surface area contributed by atoms with E-state index in [0.717, 1.165) is 41.4 Å². The van der Waals surface area contributed by atoms with E-state index in [1.54, 1.807) is 19.1 Å². The van der Waals surface area contributed by atoms with Gasteiger partial charge in [0, 0.05) is 17.8 Å². The lowest BCUT2D eigenvalue weighted by Gasteiger charge is -2.26. The Morgan fingerprint density at radius 1 is 1.14 bits per heavy atom. The number of carboxylic acid groups (broad SMARTS) is 3. The Hall–Kier alpha value is -4.09. The van der Waals surface area contributed by atoms with Crippen LogP contribution in [-0.2, 0) is 9.59 Å². The maximum Gasteiger partial charge on any atom is 0.573 e. The minimum atomic E-state index is -4.78. The van der Waals surface area contributed by atoms with E-state index in [-0.39, 0.29) is 23.2 Å². The van der Waals surface area contributed by atoms with Crippen LogP contribution in [0.2, 0.25) is 0 Å². The number of aromatic nitrogens is 2. The fourth-order valence-corrected chi connectivity index (χ4v) is 3.43. The Morgan fingerprint density at radius 2 is 1.83 bits per heavy atom. The minimum absolute atomic E-state index is 0.0634. The number of nitrogens with zero attached hydrogens (tertiary/aromatic N) is 2. The average molecular weight is 494 g/mol. The molecule has 1 unspecified atom stereocenters. The number of carbonyl (C=O) groups is 3. The normalized spacial score (nSPS) is 19.5. The van der Waals surface area contributed by atoms with Crippen LogP contribution in [0.3, 0.4) is 0 Å². The quantitative estimate of drug-likeness (QED) is 0.540. The molecule has 0 radical (unpaired) electrons. The SMILES string of the molecule is CC1(C(=O)O)C=C(C2CC2)C=C(C(=O)O)C1.O=C(O)c1cnn(-c2cccc(OC(F)(F)F)c2)c1. The van der Waals surface area contributed by atoms with Gasteiger partial charge in [0.05, 0.1) is 22.9 Å². The summed E-state index contributed by atoms with van der Waals surface area (Å²) in [5, 5.41) is 30.6. The zero-order valence-electron chi connectivity index (χ0n) is 18.3. The number of alkyl halides is 3. The number of rotatable bonds is 6. The van der Waals surface area contributed by atoms with Crippen LogP contribution >= 0.6 is 0 Å². The Kier molecular flexibility index (Phi) is 7.04. The summed E-state index contributed by atoms with van der Waals surface area (Å²) in [5.74, 6) is -3.18. The zero-order chi connectivity index (χ0) is 26.0. The maximum absolute atomic E-state index is 12.1. The van der Waals surface area contributed by atoms with Crippen LogP contribution in [-0.4, -0.2) is 49.4 Å². The Labute approximate surface area is 196 Å². The molecule has 1 fully saturated rings. The van der Waals surface area contributed by atoms with E-state index in [2.05, 4.69) is 9.84 Å².